The first-order valence-corrected chi connectivity index (χ1v) is 11.1. The van der Waals surface area contributed by atoms with Crippen molar-refractivity contribution in [1.82, 2.24) is 9.78 Å². The number of halogens is 1. The molecule has 0 aliphatic carbocycles. The van der Waals surface area contributed by atoms with E-state index in [0.29, 0.717) is 9.90 Å². The number of hydrogen-bond acceptors (Lipinski definition) is 4. The van der Waals surface area contributed by atoms with E-state index in [1.807, 2.05) is 66.2 Å². The van der Waals surface area contributed by atoms with E-state index in [1.165, 1.54) is 11.3 Å². The lowest BCUT2D eigenvalue weighted by atomic mass is 10.2. The van der Waals surface area contributed by atoms with Crippen molar-refractivity contribution in [3.8, 4) is 5.69 Å². The van der Waals surface area contributed by atoms with Gasteiger partial charge in [-0.05, 0) is 75.4 Å². The van der Waals surface area contributed by atoms with Crippen LogP contribution in [0, 0.1) is 6.92 Å². The van der Waals surface area contributed by atoms with Gasteiger partial charge in [0.1, 0.15) is 4.83 Å². The molecular formula is C23H23ClN4OS. The number of carbonyl (C=O) groups excluding carboxylic acids is 1. The largest absolute Gasteiger partial charge is 0.372 e. The summed E-state index contributed by atoms with van der Waals surface area (Å²) >= 11 is 7.44. The number of thiophene rings is 1. The topological polar surface area (TPSA) is 50.2 Å². The summed E-state index contributed by atoms with van der Waals surface area (Å²) in [5, 5.41) is 9.29. The average molecular weight is 439 g/mol. The highest BCUT2D eigenvalue weighted by molar-refractivity contribution is 7.20. The molecule has 0 aliphatic heterocycles. The third-order valence-corrected chi connectivity index (χ3v) is 6.45. The number of rotatable bonds is 6. The first-order chi connectivity index (χ1) is 14.5. The van der Waals surface area contributed by atoms with Gasteiger partial charge in [0.25, 0.3) is 5.91 Å². The van der Waals surface area contributed by atoms with Gasteiger partial charge in [-0.25, -0.2) is 4.68 Å². The number of fused-ring (bicyclic) bond motifs is 1. The van der Waals surface area contributed by atoms with Gasteiger partial charge in [0.05, 0.1) is 16.3 Å². The van der Waals surface area contributed by atoms with Crippen molar-refractivity contribution in [2.75, 3.05) is 23.3 Å². The molecule has 30 heavy (non-hydrogen) atoms. The van der Waals surface area contributed by atoms with E-state index in [-0.39, 0.29) is 5.91 Å². The first-order valence-electron chi connectivity index (χ1n) is 9.91. The van der Waals surface area contributed by atoms with Gasteiger partial charge < -0.3 is 10.2 Å². The predicted octanol–water partition coefficient (Wildman–Crippen LogP) is 6.15. The molecular weight excluding hydrogens is 416 g/mol. The van der Waals surface area contributed by atoms with E-state index in [0.717, 1.165) is 46.1 Å². The summed E-state index contributed by atoms with van der Waals surface area (Å²) in [6.45, 7) is 8.12. The summed E-state index contributed by atoms with van der Waals surface area (Å²) in [5.74, 6) is -0.117. The predicted molar refractivity (Wildman–Crippen MR) is 127 cm³/mol. The minimum absolute atomic E-state index is 0.117. The van der Waals surface area contributed by atoms with Crippen LogP contribution >= 0.6 is 22.9 Å². The molecule has 0 saturated carbocycles. The van der Waals surface area contributed by atoms with Crippen LogP contribution in [-0.2, 0) is 0 Å². The van der Waals surface area contributed by atoms with Crippen molar-refractivity contribution in [2.45, 2.75) is 20.8 Å². The van der Waals surface area contributed by atoms with E-state index in [9.17, 15) is 4.79 Å². The molecule has 2 heterocycles. The highest BCUT2D eigenvalue weighted by Gasteiger charge is 2.17. The first kappa shape index (κ1) is 20.4. The highest BCUT2D eigenvalue weighted by atomic mass is 35.5. The standard InChI is InChI=1S/C23H23ClN4OS/c1-4-27(5-2)18-12-8-17(9-13-18)25-22(29)21-14-20-15(3)26-28(23(20)30-21)19-10-6-16(24)7-11-19/h6-14H,4-5H2,1-3H3,(H,25,29). The summed E-state index contributed by atoms with van der Waals surface area (Å²) in [6.07, 6.45) is 0. The van der Waals surface area contributed by atoms with Crippen LogP contribution in [0.4, 0.5) is 11.4 Å². The maximum atomic E-state index is 12.9. The number of aromatic nitrogens is 2. The van der Waals surface area contributed by atoms with Crippen LogP contribution in [0.3, 0.4) is 0 Å². The minimum Gasteiger partial charge on any atom is -0.372 e. The molecule has 0 fully saturated rings. The summed E-state index contributed by atoms with van der Waals surface area (Å²) in [4.78, 5) is 16.7. The van der Waals surface area contributed by atoms with Crippen LogP contribution in [0.25, 0.3) is 15.9 Å². The van der Waals surface area contributed by atoms with Crippen molar-refractivity contribution in [3.63, 3.8) is 0 Å². The molecule has 0 unspecified atom stereocenters. The summed E-state index contributed by atoms with van der Waals surface area (Å²) < 4.78 is 1.86. The number of hydrogen-bond donors (Lipinski definition) is 1. The average Bonchev–Trinajstić information content (AvgIpc) is 3.32. The molecule has 4 aromatic rings. The SMILES string of the molecule is CCN(CC)c1ccc(NC(=O)c2cc3c(C)nn(-c4ccc(Cl)cc4)c3s2)cc1. The van der Waals surface area contributed by atoms with Crippen molar-refractivity contribution in [1.29, 1.82) is 0 Å². The molecule has 0 saturated heterocycles. The summed E-state index contributed by atoms with van der Waals surface area (Å²) in [5.41, 5.74) is 3.74. The zero-order valence-electron chi connectivity index (χ0n) is 17.1. The van der Waals surface area contributed by atoms with Gasteiger partial charge in [0, 0.05) is 34.9 Å². The minimum atomic E-state index is -0.117. The van der Waals surface area contributed by atoms with E-state index >= 15 is 0 Å². The normalized spacial score (nSPS) is 11.1. The van der Waals surface area contributed by atoms with E-state index in [1.54, 1.807) is 0 Å². The lowest BCUT2D eigenvalue weighted by Gasteiger charge is -2.21. The fourth-order valence-electron chi connectivity index (χ4n) is 3.45. The molecule has 7 heteroatoms. The van der Waals surface area contributed by atoms with Gasteiger partial charge in [-0.15, -0.1) is 11.3 Å². The second kappa shape index (κ2) is 8.50. The number of nitrogens with zero attached hydrogens (tertiary/aromatic N) is 3. The smallest absolute Gasteiger partial charge is 0.265 e. The molecule has 0 radical (unpaired) electrons. The highest BCUT2D eigenvalue weighted by Crippen LogP contribution is 2.31. The van der Waals surface area contributed by atoms with E-state index in [2.05, 4.69) is 29.2 Å². The van der Waals surface area contributed by atoms with Crippen LogP contribution in [0.15, 0.2) is 54.6 Å². The van der Waals surface area contributed by atoms with Gasteiger partial charge in [-0.3, -0.25) is 4.79 Å². The Balaban J connectivity index is 1.58. The third-order valence-electron chi connectivity index (χ3n) is 5.09. The number of carbonyl (C=O) groups is 1. The van der Waals surface area contributed by atoms with Crippen molar-refractivity contribution < 1.29 is 4.79 Å². The van der Waals surface area contributed by atoms with Crippen molar-refractivity contribution >= 4 is 50.4 Å². The Bertz CT molecular complexity index is 1170. The number of benzene rings is 2. The second-order valence-electron chi connectivity index (χ2n) is 6.98. The molecule has 154 valence electrons. The zero-order chi connectivity index (χ0) is 21.3. The lowest BCUT2D eigenvalue weighted by molar-refractivity contribution is 0.103. The van der Waals surface area contributed by atoms with Gasteiger partial charge in [0.2, 0.25) is 0 Å². The van der Waals surface area contributed by atoms with Crippen molar-refractivity contribution in [3.05, 3.63) is 70.2 Å². The number of nitrogens with one attached hydrogen (secondary N) is 1. The quantitative estimate of drug-likeness (QED) is 0.393. The van der Waals surface area contributed by atoms with E-state index < -0.39 is 0 Å². The molecule has 0 aliphatic rings. The van der Waals surface area contributed by atoms with Crippen LogP contribution in [0.1, 0.15) is 29.2 Å². The molecule has 4 rings (SSSR count). The van der Waals surface area contributed by atoms with Crippen LogP contribution in [0.5, 0.6) is 0 Å². The molecule has 1 amide bonds. The second-order valence-corrected chi connectivity index (χ2v) is 8.44. The Hall–Kier alpha value is -2.83. The Morgan fingerprint density at radius 3 is 2.40 bits per heavy atom. The molecule has 2 aromatic heterocycles. The maximum Gasteiger partial charge on any atom is 0.265 e. The Labute approximate surface area is 184 Å². The van der Waals surface area contributed by atoms with E-state index in [4.69, 9.17) is 11.6 Å². The Morgan fingerprint density at radius 1 is 1.10 bits per heavy atom. The zero-order valence-corrected chi connectivity index (χ0v) is 18.7. The molecule has 1 N–H and O–H groups in total. The van der Waals surface area contributed by atoms with Gasteiger partial charge in [0.15, 0.2) is 0 Å². The number of anilines is 2. The number of aryl methyl sites for hydroxylation is 1. The fraction of sp³-hybridized carbons (Fsp3) is 0.217. The van der Waals surface area contributed by atoms with Gasteiger partial charge >= 0.3 is 0 Å². The van der Waals surface area contributed by atoms with Crippen LogP contribution in [0.2, 0.25) is 5.02 Å². The Kier molecular flexibility index (Phi) is 5.79. The number of amides is 1. The van der Waals surface area contributed by atoms with Crippen molar-refractivity contribution in [2.24, 2.45) is 0 Å². The van der Waals surface area contributed by atoms with Gasteiger partial charge in [-0.1, -0.05) is 11.6 Å². The molecule has 2 aromatic carbocycles. The molecule has 0 atom stereocenters. The lowest BCUT2D eigenvalue weighted by Crippen LogP contribution is -2.21. The monoisotopic (exact) mass is 438 g/mol. The summed E-state index contributed by atoms with van der Waals surface area (Å²) in [6, 6.07) is 17.4. The molecule has 0 bridgehead atoms. The third kappa shape index (κ3) is 3.93. The van der Waals surface area contributed by atoms with Gasteiger partial charge in [-0.2, -0.15) is 5.10 Å². The van der Waals surface area contributed by atoms with Crippen LogP contribution in [-0.4, -0.2) is 28.8 Å². The van der Waals surface area contributed by atoms with Crippen LogP contribution < -0.4 is 10.2 Å². The Morgan fingerprint density at radius 2 is 1.77 bits per heavy atom. The molecule has 0 spiro atoms. The fourth-order valence-corrected chi connectivity index (χ4v) is 4.66. The maximum absolute atomic E-state index is 12.9. The summed E-state index contributed by atoms with van der Waals surface area (Å²) in [7, 11) is 0. The molecule has 5 nitrogen and oxygen atoms in total.